The molecule has 0 rings (SSSR count). The Morgan fingerprint density at radius 3 is 2.46 bits per heavy atom. The standard InChI is InChI=1S/C12H22Si/c1-6-9-10-11-12(7-2)13(4,5)8-3/h3,7,12H,2,6,9-11H2,1,4-5H3. The summed E-state index contributed by atoms with van der Waals surface area (Å²) in [6.45, 7) is 10.6. The molecule has 0 fully saturated rings. The molecule has 0 aromatic heterocycles. The van der Waals surface area contributed by atoms with Crippen LogP contribution in [0.25, 0.3) is 0 Å². The minimum absolute atomic E-state index is 0.601. The maximum Gasteiger partial charge on any atom is 0.138 e. The molecule has 0 aliphatic heterocycles. The minimum Gasteiger partial charge on any atom is -0.134 e. The number of hydrogen-bond donors (Lipinski definition) is 0. The number of allylic oxidation sites excluding steroid dienone is 1. The van der Waals surface area contributed by atoms with Crippen LogP contribution in [0.1, 0.15) is 32.6 Å². The van der Waals surface area contributed by atoms with Crippen molar-refractivity contribution in [3.05, 3.63) is 12.7 Å². The Balaban J connectivity index is 4.04. The van der Waals surface area contributed by atoms with Gasteiger partial charge in [-0.05, 0) is 12.0 Å². The first kappa shape index (κ1) is 12.5. The second-order valence-corrected chi connectivity index (χ2v) is 8.68. The summed E-state index contributed by atoms with van der Waals surface area (Å²) in [6, 6.07) is 0. The molecule has 0 aromatic rings. The summed E-state index contributed by atoms with van der Waals surface area (Å²) in [4.78, 5) is 0. The molecule has 74 valence electrons. The highest BCUT2D eigenvalue weighted by atomic mass is 28.3. The predicted molar refractivity (Wildman–Crippen MR) is 64.4 cm³/mol. The van der Waals surface area contributed by atoms with Crippen molar-refractivity contribution in [2.24, 2.45) is 0 Å². The normalized spacial score (nSPS) is 13.4. The molecule has 0 nitrogen and oxygen atoms in total. The van der Waals surface area contributed by atoms with Crippen LogP contribution in [0, 0.1) is 12.0 Å². The zero-order valence-corrected chi connectivity index (χ0v) is 10.3. The number of terminal acetylenes is 1. The van der Waals surface area contributed by atoms with E-state index in [1.54, 1.807) is 0 Å². The summed E-state index contributed by atoms with van der Waals surface area (Å²) in [5.41, 5.74) is 3.59. The molecule has 0 radical (unpaired) electrons. The molecule has 0 aliphatic carbocycles. The molecule has 0 spiro atoms. The van der Waals surface area contributed by atoms with Gasteiger partial charge in [0.2, 0.25) is 0 Å². The highest BCUT2D eigenvalue weighted by Gasteiger charge is 2.26. The fourth-order valence-electron chi connectivity index (χ4n) is 1.49. The Morgan fingerprint density at radius 2 is 2.08 bits per heavy atom. The Labute approximate surface area is 84.4 Å². The first-order valence-electron chi connectivity index (χ1n) is 5.18. The van der Waals surface area contributed by atoms with Crippen molar-refractivity contribution in [2.75, 3.05) is 0 Å². The Kier molecular flexibility index (Phi) is 5.82. The van der Waals surface area contributed by atoms with Crippen molar-refractivity contribution < 1.29 is 0 Å². The highest BCUT2D eigenvalue weighted by Crippen LogP contribution is 2.28. The van der Waals surface area contributed by atoms with Crippen LogP contribution in [0.2, 0.25) is 18.6 Å². The molecule has 0 bridgehead atoms. The molecular weight excluding hydrogens is 172 g/mol. The molecule has 0 amide bonds. The molecule has 0 saturated heterocycles. The maximum atomic E-state index is 5.55. The van der Waals surface area contributed by atoms with Crippen LogP contribution in [0.5, 0.6) is 0 Å². The lowest BCUT2D eigenvalue weighted by atomic mass is 10.1. The van der Waals surface area contributed by atoms with Crippen molar-refractivity contribution in [3.8, 4) is 12.0 Å². The van der Waals surface area contributed by atoms with Gasteiger partial charge in [0.05, 0.1) is 0 Å². The van der Waals surface area contributed by atoms with Crippen molar-refractivity contribution in [1.29, 1.82) is 0 Å². The van der Waals surface area contributed by atoms with E-state index in [1.165, 1.54) is 25.7 Å². The van der Waals surface area contributed by atoms with Gasteiger partial charge >= 0.3 is 0 Å². The fourth-order valence-corrected chi connectivity index (χ4v) is 3.22. The van der Waals surface area contributed by atoms with Crippen LogP contribution >= 0.6 is 0 Å². The molecule has 1 atom stereocenters. The quantitative estimate of drug-likeness (QED) is 0.259. The van der Waals surface area contributed by atoms with Crippen molar-refractivity contribution >= 4 is 8.07 Å². The van der Waals surface area contributed by atoms with Gasteiger partial charge in [-0.25, -0.2) is 0 Å². The molecule has 1 heteroatoms. The van der Waals surface area contributed by atoms with Crippen molar-refractivity contribution in [1.82, 2.24) is 0 Å². The lowest BCUT2D eigenvalue weighted by Gasteiger charge is -2.24. The van der Waals surface area contributed by atoms with Gasteiger partial charge in [-0.15, -0.1) is 18.5 Å². The van der Waals surface area contributed by atoms with Gasteiger partial charge in [0, 0.05) is 0 Å². The second kappa shape index (κ2) is 6.04. The van der Waals surface area contributed by atoms with Gasteiger partial charge in [0.1, 0.15) is 8.07 Å². The summed E-state index contributed by atoms with van der Waals surface area (Å²) in [6.07, 6.45) is 12.8. The molecule has 0 heterocycles. The van der Waals surface area contributed by atoms with E-state index in [9.17, 15) is 0 Å². The van der Waals surface area contributed by atoms with Gasteiger partial charge in [0.15, 0.2) is 0 Å². The molecule has 0 aromatic carbocycles. The van der Waals surface area contributed by atoms with Crippen molar-refractivity contribution in [2.45, 2.75) is 51.2 Å². The number of unbranched alkanes of at least 4 members (excludes halogenated alkanes) is 2. The molecule has 1 unspecified atom stereocenters. The molecule has 13 heavy (non-hydrogen) atoms. The van der Waals surface area contributed by atoms with E-state index in [2.05, 4.69) is 38.2 Å². The monoisotopic (exact) mass is 194 g/mol. The van der Waals surface area contributed by atoms with Crippen LogP contribution in [0.4, 0.5) is 0 Å². The first-order chi connectivity index (χ1) is 6.08. The topological polar surface area (TPSA) is 0 Å². The Morgan fingerprint density at radius 1 is 1.46 bits per heavy atom. The largest absolute Gasteiger partial charge is 0.138 e. The Hall–Kier alpha value is -0.483. The summed E-state index contributed by atoms with van der Waals surface area (Å²) in [5.74, 6) is 0. The van der Waals surface area contributed by atoms with E-state index in [1.807, 2.05) is 0 Å². The van der Waals surface area contributed by atoms with E-state index in [0.29, 0.717) is 5.54 Å². The van der Waals surface area contributed by atoms with Gasteiger partial charge < -0.3 is 0 Å². The first-order valence-corrected chi connectivity index (χ1v) is 8.26. The molecular formula is C12H22Si. The molecule has 0 N–H and O–H groups in total. The van der Waals surface area contributed by atoms with Crippen LogP contribution in [0.3, 0.4) is 0 Å². The average molecular weight is 194 g/mol. The number of hydrogen-bond acceptors (Lipinski definition) is 0. The average Bonchev–Trinajstić information content (AvgIpc) is 2.12. The van der Waals surface area contributed by atoms with Crippen LogP contribution in [0.15, 0.2) is 12.7 Å². The fraction of sp³-hybridized carbons (Fsp3) is 0.667. The van der Waals surface area contributed by atoms with E-state index in [0.717, 1.165) is 0 Å². The zero-order valence-electron chi connectivity index (χ0n) is 9.27. The third kappa shape index (κ3) is 4.33. The van der Waals surface area contributed by atoms with Gasteiger partial charge in [-0.2, -0.15) is 0 Å². The van der Waals surface area contributed by atoms with E-state index >= 15 is 0 Å². The summed E-state index contributed by atoms with van der Waals surface area (Å²) in [7, 11) is -1.45. The van der Waals surface area contributed by atoms with Crippen LogP contribution in [-0.2, 0) is 0 Å². The summed E-state index contributed by atoms with van der Waals surface area (Å²) in [5, 5.41) is 0. The second-order valence-electron chi connectivity index (χ2n) is 4.20. The van der Waals surface area contributed by atoms with Gasteiger partial charge in [0.25, 0.3) is 0 Å². The summed E-state index contributed by atoms with van der Waals surface area (Å²) >= 11 is 0. The summed E-state index contributed by atoms with van der Waals surface area (Å²) < 4.78 is 0. The highest BCUT2D eigenvalue weighted by molar-refractivity contribution is 6.86. The van der Waals surface area contributed by atoms with Crippen molar-refractivity contribution in [3.63, 3.8) is 0 Å². The third-order valence-electron chi connectivity index (χ3n) is 2.70. The smallest absolute Gasteiger partial charge is 0.134 e. The van der Waals surface area contributed by atoms with Crippen LogP contribution in [-0.4, -0.2) is 8.07 Å². The van der Waals surface area contributed by atoms with E-state index in [-0.39, 0.29) is 0 Å². The van der Waals surface area contributed by atoms with Gasteiger partial charge in [-0.3, -0.25) is 0 Å². The lowest BCUT2D eigenvalue weighted by Crippen LogP contribution is -2.29. The predicted octanol–water partition coefficient (Wildman–Crippen LogP) is 4.00. The van der Waals surface area contributed by atoms with Gasteiger partial charge in [-0.1, -0.05) is 45.4 Å². The molecule has 0 aliphatic rings. The zero-order chi connectivity index (χ0) is 10.3. The number of rotatable bonds is 6. The van der Waals surface area contributed by atoms with Crippen LogP contribution < -0.4 is 0 Å². The lowest BCUT2D eigenvalue weighted by molar-refractivity contribution is 0.667. The maximum absolute atomic E-state index is 5.55. The van der Waals surface area contributed by atoms with E-state index < -0.39 is 8.07 Å². The minimum atomic E-state index is -1.45. The SMILES string of the molecule is C#C[Si](C)(C)C(C=C)CCCCC. The molecule has 0 saturated carbocycles. The van der Waals surface area contributed by atoms with E-state index in [4.69, 9.17) is 6.42 Å². The third-order valence-corrected chi connectivity index (χ3v) is 5.82. The Bertz CT molecular complexity index is 186.